The minimum atomic E-state index is -0.573. The number of amides is 1. The van der Waals surface area contributed by atoms with Gasteiger partial charge in [0.05, 0.1) is 7.11 Å². The van der Waals surface area contributed by atoms with E-state index in [1.165, 1.54) is 16.7 Å². The fourth-order valence-electron chi connectivity index (χ4n) is 2.61. The first kappa shape index (κ1) is 19.9. The van der Waals surface area contributed by atoms with Crippen molar-refractivity contribution in [1.29, 1.82) is 0 Å². The molecule has 0 bridgehead atoms. The lowest BCUT2D eigenvalue weighted by atomic mass is 10.0. The van der Waals surface area contributed by atoms with Crippen molar-refractivity contribution in [2.45, 2.75) is 18.0 Å². The number of alkyl halides is 1. The monoisotopic (exact) mass is 404 g/mol. The number of methoxy groups -OCH3 is 1. The highest BCUT2D eigenvalue weighted by molar-refractivity contribution is 8.00. The zero-order valence-electron chi connectivity index (χ0n) is 13.4. The van der Waals surface area contributed by atoms with Crippen molar-refractivity contribution in [3.8, 4) is 5.75 Å². The highest BCUT2D eigenvalue weighted by Gasteiger charge is 2.51. The van der Waals surface area contributed by atoms with E-state index in [1.54, 1.807) is 19.2 Å². The summed E-state index contributed by atoms with van der Waals surface area (Å²) in [4.78, 5) is 25.9. The van der Waals surface area contributed by atoms with E-state index >= 15 is 0 Å². The van der Waals surface area contributed by atoms with Gasteiger partial charge in [0.1, 0.15) is 29.5 Å². The van der Waals surface area contributed by atoms with Crippen molar-refractivity contribution in [2.75, 3.05) is 18.7 Å². The van der Waals surface area contributed by atoms with E-state index in [2.05, 4.69) is 0 Å². The molecule has 0 spiro atoms. The molecule has 6 nitrogen and oxygen atoms in total. The summed E-state index contributed by atoms with van der Waals surface area (Å²) in [6.07, 6.45) is 0. The second-order valence-corrected chi connectivity index (χ2v) is 6.82. The van der Waals surface area contributed by atoms with Gasteiger partial charge < -0.3 is 15.2 Å². The molecule has 0 aliphatic carbocycles. The van der Waals surface area contributed by atoms with E-state index in [-0.39, 0.29) is 41.9 Å². The minimum Gasteiger partial charge on any atom is -0.497 e. The summed E-state index contributed by atoms with van der Waals surface area (Å²) in [7, 11) is 1.58. The Kier molecular flexibility index (Phi) is 6.62. The van der Waals surface area contributed by atoms with Gasteiger partial charge in [-0.25, -0.2) is 4.79 Å². The molecule has 25 heavy (non-hydrogen) atoms. The van der Waals surface area contributed by atoms with Crippen molar-refractivity contribution in [3.05, 3.63) is 41.1 Å². The van der Waals surface area contributed by atoms with Gasteiger partial charge >= 0.3 is 5.97 Å². The number of hydrogen-bond acceptors (Lipinski definition) is 6. The topological polar surface area (TPSA) is 81.9 Å². The maximum Gasteiger partial charge on any atom is 0.355 e. The molecule has 2 heterocycles. The van der Waals surface area contributed by atoms with Crippen molar-refractivity contribution in [2.24, 2.45) is 5.73 Å². The lowest BCUT2D eigenvalue weighted by Crippen LogP contribution is -2.68. The molecule has 0 radical (unpaired) electrons. The Morgan fingerprint density at radius 3 is 2.68 bits per heavy atom. The third kappa shape index (κ3) is 3.74. The Balaban J connectivity index is 0.00000225. The average Bonchev–Trinajstić information content (AvgIpc) is 2.64. The van der Waals surface area contributed by atoms with E-state index < -0.39 is 12.0 Å². The van der Waals surface area contributed by atoms with Crippen LogP contribution in [-0.4, -0.2) is 46.9 Å². The average molecular weight is 405 g/mol. The van der Waals surface area contributed by atoms with E-state index in [1.807, 2.05) is 12.1 Å². The summed E-state index contributed by atoms with van der Waals surface area (Å²) in [5, 5.41) is -0.215. The van der Waals surface area contributed by atoms with Crippen LogP contribution in [0, 0.1) is 0 Å². The number of benzene rings is 1. The van der Waals surface area contributed by atoms with Gasteiger partial charge in [-0.1, -0.05) is 12.1 Å². The normalized spacial score (nSPS) is 21.9. The van der Waals surface area contributed by atoms with Gasteiger partial charge in [0, 0.05) is 11.6 Å². The number of carbonyl (C=O) groups is 2. The molecule has 3 rings (SSSR count). The van der Waals surface area contributed by atoms with E-state index in [0.717, 1.165) is 11.3 Å². The molecule has 2 aliphatic heterocycles. The van der Waals surface area contributed by atoms with Crippen molar-refractivity contribution < 1.29 is 19.1 Å². The van der Waals surface area contributed by atoms with Crippen molar-refractivity contribution in [3.63, 3.8) is 0 Å². The van der Waals surface area contributed by atoms with Crippen LogP contribution in [0.15, 0.2) is 35.5 Å². The number of nitrogens with zero attached hydrogens (tertiary/aromatic N) is 1. The molecular weight excluding hydrogens is 387 g/mol. The molecule has 1 amide bonds. The molecule has 0 saturated carbocycles. The smallest absolute Gasteiger partial charge is 0.355 e. The Labute approximate surface area is 161 Å². The molecule has 1 fully saturated rings. The Morgan fingerprint density at radius 2 is 2.08 bits per heavy atom. The number of rotatable bonds is 5. The molecule has 1 unspecified atom stereocenters. The van der Waals surface area contributed by atoms with Gasteiger partial charge in [-0.2, -0.15) is 0 Å². The number of hydrogen-bond donors (Lipinski definition) is 1. The largest absolute Gasteiger partial charge is 0.497 e. The van der Waals surface area contributed by atoms with Crippen LogP contribution >= 0.6 is 35.8 Å². The SMILES string of the molecule is COc1ccc(COC(=O)C2=C(CCl)CS[C@H]3C(N)C(=O)N23)cc1.Cl. The predicted octanol–water partition coefficient (Wildman–Crippen LogP) is 1.90. The number of esters is 1. The molecule has 9 heteroatoms. The van der Waals surface area contributed by atoms with Gasteiger partial charge in [-0.15, -0.1) is 35.8 Å². The van der Waals surface area contributed by atoms with Gasteiger partial charge in [0.15, 0.2) is 0 Å². The number of β-lactam (4-membered cyclic amide) rings is 1. The Morgan fingerprint density at radius 1 is 1.40 bits per heavy atom. The minimum absolute atomic E-state index is 0. The van der Waals surface area contributed by atoms with Gasteiger partial charge in [-0.3, -0.25) is 9.69 Å². The van der Waals surface area contributed by atoms with Crippen LogP contribution in [0.25, 0.3) is 0 Å². The third-order valence-electron chi connectivity index (χ3n) is 3.97. The number of fused-ring (bicyclic) bond motifs is 1. The summed E-state index contributed by atoms with van der Waals surface area (Å²) >= 11 is 7.44. The Bertz CT molecular complexity index is 696. The van der Waals surface area contributed by atoms with Crippen LogP contribution < -0.4 is 10.5 Å². The number of carbonyl (C=O) groups excluding carboxylic acids is 2. The number of ether oxygens (including phenoxy) is 2. The molecule has 1 saturated heterocycles. The van der Waals surface area contributed by atoms with Crippen LogP contribution in [0.4, 0.5) is 0 Å². The van der Waals surface area contributed by atoms with Crippen molar-refractivity contribution in [1.82, 2.24) is 4.90 Å². The van der Waals surface area contributed by atoms with Gasteiger partial charge in [0.25, 0.3) is 0 Å². The first-order valence-corrected chi connectivity index (χ1v) is 8.93. The molecule has 2 atom stereocenters. The first-order chi connectivity index (χ1) is 11.6. The molecular formula is C16H18Cl2N2O4S. The van der Waals surface area contributed by atoms with Gasteiger partial charge in [0.2, 0.25) is 5.91 Å². The standard InChI is InChI=1S/C16H17ClN2O4S.ClH/c1-22-11-4-2-9(3-5-11)7-23-16(21)13-10(6-17)8-24-15-12(18)14(20)19(13)15;/h2-5,12,15H,6-8,18H2,1H3;1H/t12?,15-;/m0./s1. The lowest BCUT2D eigenvalue weighted by Gasteiger charge is -2.48. The quantitative estimate of drug-likeness (QED) is 0.458. The molecule has 1 aromatic carbocycles. The predicted molar refractivity (Wildman–Crippen MR) is 98.9 cm³/mol. The van der Waals surface area contributed by atoms with E-state index in [4.69, 9.17) is 26.8 Å². The molecule has 1 aromatic rings. The summed E-state index contributed by atoms with van der Waals surface area (Å²) in [5.74, 6) is 0.646. The lowest BCUT2D eigenvalue weighted by molar-refractivity contribution is -0.151. The van der Waals surface area contributed by atoms with Crippen LogP contribution in [0.2, 0.25) is 0 Å². The summed E-state index contributed by atoms with van der Waals surface area (Å²) in [6.45, 7) is 0.105. The maximum absolute atomic E-state index is 12.5. The van der Waals surface area contributed by atoms with E-state index in [0.29, 0.717) is 11.3 Å². The van der Waals surface area contributed by atoms with Crippen LogP contribution in [0.3, 0.4) is 0 Å². The van der Waals surface area contributed by atoms with Gasteiger partial charge in [-0.05, 0) is 23.3 Å². The highest BCUT2D eigenvalue weighted by atomic mass is 35.5. The number of halogens is 2. The molecule has 2 N–H and O–H groups in total. The number of nitrogens with two attached hydrogens (primary N) is 1. The van der Waals surface area contributed by atoms with Crippen LogP contribution in [0.1, 0.15) is 5.56 Å². The summed E-state index contributed by atoms with van der Waals surface area (Å²) in [5.41, 5.74) is 7.55. The zero-order valence-corrected chi connectivity index (χ0v) is 15.8. The molecule has 136 valence electrons. The second-order valence-electron chi connectivity index (χ2n) is 5.45. The summed E-state index contributed by atoms with van der Waals surface area (Å²) < 4.78 is 10.5. The second kappa shape index (κ2) is 8.31. The fraction of sp³-hybridized carbons (Fsp3) is 0.375. The first-order valence-electron chi connectivity index (χ1n) is 7.35. The fourth-order valence-corrected chi connectivity index (χ4v) is 4.24. The molecule has 2 aliphatic rings. The third-order valence-corrected chi connectivity index (χ3v) is 5.66. The summed E-state index contributed by atoms with van der Waals surface area (Å²) in [6, 6.07) is 6.63. The molecule has 0 aromatic heterocycles. The van der Waals surface area contributed by atoms with Crippen LogP contribution in [-0.2, 0) is 20.9 Å². The zero-order chi connectivity index (χ0) is 17.3. The van der Waals surface area contributed by atoms with Crippen molar-refractivity contribution >= 4 is 47.6 Å². The number of thioether (sulfide) groups is 1. The Hall–Kier alpha value is -1.41. The maximum atomic E-state index is 12.5. The van der Waals surface area contributed by atoms with E-state index in [9.17, 15) is 9.59 Å². The highest BCUT2D eigenvalue weighted by Crippen LogP contribution is 2.40. The van der Waals surface area contributed by atoms with Crippen LogP contribution in [0.5, 0.6) is 5.75 Å².